The first-order valence-electron chi connectivity index (χ1n) is 13.7. The van der Waals surface area contributed by atoms with Crippen LogP contribution in [0, 0.1) is 3.57 Å². The van der Waals surface area contributed by atoms with Crippen LogP contribution in [-0.4, -0.2) is 32.6 Å². The third-order valence-electron chi connectivity index (χ3n) is 6.47. The van der Waals surface area contributed by atoms with Crippen molar-refractivity contribution in [3.05, 3.63) is 82.4 Å². The van der Waals surface area contributed by atoms with E-state index >= 15 is 0 Å². The highest BCUT2D eigenvalue weighted by molar-refractivity contribution is 14.1. The molecule has 5 nitrogen and oxygen atoms in total. The minimum absolute atomic E-state index is 0.0521. The van der Waals surface area contributed by atoms with Crippen molar-refractivity contribution in [1.82, 2.24) is 5.32 Å². The average molecular weight is 659 g/mol. The number of carbonyl (C=O) groups is 1. The summed E-state index contributed by atoms with van der Waals surface area (Å²) in [6.07, 6.45) is 1.42. The Labute approximate surface area is 249 Å². The second-order valence-electron chi connectivity index (χ2n) is 12.0. The summed E-state index contributed by atoms with van der Waals surface area (Å²) in [6, 6.07) is 27.6. The van der Waals surface area contributed by atoms with Gasteiger partial charge in [0.15, 0.2) is 0 Å². The lowest BCUT2D eigenvalue weighted by Crippen LogP contribution is -2.68. The van der Waals surface area contributed by atoms with Crippen molar-refractivity contribution >= 4 is 53.1 Å². The first kappa shape index (κ1) is 31.0. The predicted octanol–water partition coefficient (Wildman–Crippen LogP) is 7.34. The van der Waals surface area contributed by atoms with Gasteiger partial charge in [0.25, 0.3) is 0 Å². The van der Waals surface area contributed by atoms with Gasteiger partial charge in [-0.2, -0.15) is 0 Å². The molecule has 2 N–H and O–H groups in total. The molecule has 1 atom stereocenters. The first-order valence-corrected chi connectivity index (χ1v) is 16.7. The molecule has 0 saturated heterocycles. The molecule has 3 aromatic carbocycles. The first-order chi connectivity index (χ1) is 18.3. The Morgan fingerprint density at radius 1 is 0.897 bits per heavy atom. The molecule has 0 saturated carbocycles. The smallest absolute Gasteiger partial charge is 0.407 e. The third kappa shape index (κ3) is 8.48. The molecule has 0 aliphatic carbocycles. The van der Waals surface area contributed by atoms with E-state index in [0.717, 1.165) is 27.8 Å². The van der Waals surface area contributed by atoms with Crippen LogP contribution in [0.1, 0.15) is 61.3 Å². The van der Waals surface area contributed by atoms with Crippen LogP contribution in [0.5, 0.6) is 5.75 Å². The largest absolute Gasteiger partial charge is 0.534 e. The zero-order valence-corrected chi connectivity index (χ0v) is 27.5. The second kappa shape index (κ2) is 13.2. The average Bonchev–Trinajstić information content (AvgIpc) is 2.85. The van der Waals surface area contributed by atoms with Crippen molar-refractivity contribution in [1.29, 1.82) is 0 Å². The van der Waals surface area contributed by atoms with E-state index in [4.69, 9.17) is 9.16 Å². The minimum Gasteiger partial charge on any atom is -0.534 e. The van der Waals surface area contributed by atoms with Crippen LogP contribution in [0.4, 0.5) is 10.5 Å². The highest BCUT2D eigenvalue weighted by Gasteiger charge is 2.52. The van der Waals surface area contributed by atoms with Crippen LogP contribution in [0.3, 0.4) is 0 Å². The van der Waals surface area contributed by atoms with Gasteiger partial charge < -0.3 is 19.8 Å². The van der Waals surface area contributed by atoms with Crippen molar-refractivity contribution in [2.45, 2.75) is 78.0 Å². The van der Waals surface area contributed by atoms with Crippen LogP contribution < -0.4 is 25.4 Å². The molecule has 210 valence electrons. The number of nitrogens with one attached hydrogen (secondary N) is 2. The van der Waals surface area contributed by atoms with Crippen molar-refractivity contribution in [3.63, 3.8) is 0 Å². The van der Waals surface area contributed by atoms with Gasteiger partial charge in [0.1, 0.15) is 11.4 Å². The molecule has 0 aromatic heterocycles. The molecular formula is C32H43IN2O3Si. The minimum atomic E-state index is -2.74. The number of hydrogen-bond acceptors (Lipinski definition) is 4. The summed E-state index contributed by atoms with van der Waals surface area (Å²) in [5.74, 6) is 0.839. The quantitative estimate of drug-likeness (QED) is 0.177. The Morgan fingerprint density at radius 3 is 1.95 bits per heavy atom. The van der Waals surface area contributed by atoms with E-state index in [9.17, 15) is 4.79 Å². The highest BCUT2D eigenvalue weighted by atomic mass is 127. The van der Waals surface area contributed by atoms with E-state index in [-0.39, 0.29) is 17.2 Å². The van der Waals surface area contributed by atoms with Gasteiger partial charge in [-0.1, -0.05) is 94.8 Å². The number of halogens is 1. The van der Waals surface area contributed by atoms with E-state index < -0.39 is 13.9 Å². The fraction of sp³-hybridized carbons (Fsp3) is 0.406. The van der Waals surface area contributed by atoms with Gasteiger partial charge in [-0.3, -0.25) is 0 Å². The van der Waals surface area contributed by atoms with Gasteiger partial charge >= 0.3 is 14.4 Å². The number of ether oxygens (including phenoxy) is 1. The number of anilines is 1. The summed E-state index contributed by atoms with van der Waals surface area (Å²) in [7, 11) is -2.74. The molecule has 0 fully saturated rings. The summed E-state index contributed by atoms with van der Waals surface area (Å²) in [6.45, 7) is 15.2. The molecule has 0 bridgehead atoms. The Bertz CT molecular complexity index is 1170. The molecule has 7 heteroatoms. The number of amides is 1. The summed E-state index contributed by atoms with van der Waals surface area (Å²) < 4.78 is 13.8. The topological polar surface area (TPSA) is 59.6 Å². The van der Waals surface area contributed by atoms with Crippen LogP contribution in [-0.2, 0) is 4.74 Å². The lowest BCUT2D eigenvalue weighted by molar-refractivity contribution is 0.0504. The SMILES string of the molecule is CCC[C@@H](CNc1cc(I)cc(O[Si](c2ccccc2)(c2ccccc2)C(C)(C)C)c1)NC(=O)OC(C)(C)C. The normalized spacial score (nSPS) is 12.9. The highest BCUT2D eigenvalue weighted by Crippen LogP contribution is 2.38. The molecule has 0 unspecified atom stereocenters. The summed E-state index contributed by atoms with van der Waals surface area (Å²) in [5, 5.41) is 8.91. The maximum absolute atomic E-state index is 12.4. The number of carbonyl (C=O) groups excluding carboxylic acids is 1. The van der Waals surface area contributed by atoms with Gasteiger partial charge in [-0.25, -0.2) is 4.79 Å². The van der Waals surface area contributed by atoms with Gasteiger partial charge in [0.2, 0.25) is 0 Å². The predicted molar refractivity (Wildman–Crippen MR) is 174 cm³/mol. The molecule has 0 aliphatic rings. The van der Waals surface area contributed by atoms with E-state index in [2.05, 4.69) is 140 Å². The molecular weight excluding hydrogens is 615 g/mol. The van der Waals surface area contributed by atoms with Gasteiger partial charge in [0.05, 0.1) is 0 Å². The maximum atomic E-state index is 12.4. The Balaban J connectivity index is 1.92. The number of benzene rings is 3. The Kier molecular flexibility index (Phi) is 10.5. The zero-order valence-electron chi connectivity index (χ0n) is 24.3. The Hall–Kier alpha value is -2.52. The lowest BCUT2D eigenvalue weighted by atomic mass is 10.1. The lowest BCUT2D eigenvalue weighted by Gasteiger charge is -2.43. The number of hydrogen-bond donors (Lipinski definition) is 2. The van der Waals surface area contributed by atoms with E-state index in [0.29, 0.717) is 6.54 Å². The zero-order chi connectivity index (χ0) is 28.7. The monoisotopic (exact) mass is 658 g/mol. The maximum Gasteiger partial charge on any atom is 0.407 e. The fourth-order valence-corrected chi connectivity index (χ4v) is 9.88. The van der Waals surface area contributed by atoms with Crippen molar-refractivity contribution in [2.24, 2.45) is 0 Å². The van der Waals surface area contributed by atoms with Crippen molar-refractivity contribution in [2.75, 3.05) is 11.9 Å². The molecule has 1 amide bonds. The summed E-state index contributed by atoms with van der Waals surface area (Å²) in [5.41, 5.74) is 0.429. The van der Waals surface area contributed by atoms with E-state index in [1.54, 1.807) is 0 Å². The molecule has 39 heavy (non-hydrogen) atoms. The standard InChI is InChI=1S/C32H43IN2O3Si/c1-8-15-25(35-30(36)37-31(2,3)4)23-34-26-20-24(33)21-27(22-26)38-39(32(5,6)7,28-16-11-9-12-17-28)29-18-13-10-14-19-29/h9-14,16-22,25,34H,8,15,23H2,1-7H3,(H,35,36)/t25-/m0/s1. The molecule has 3 rings (SSSR count). The van der Waals surface area contributed by atoms with Gasteiger partial charge in [-0.15, -0.1) is 0 Å². The van der Waals surface area contributed by atoms with Crippen LogP contribution >= 0.6 is 22.6 Å². The van der Waals surface area contributed by atoms with Crippen LogP contribution in [0.25, 0.3) is 0 Å². The number of alkyl carbamates (subject to hydrolysis) is 1. The molecule has 0 heterocycles. The van der Waals surface area contributed by atoms with Crippen molar-refractivity contribution in [3.8, 4) is 5.75 Å². The Morgan fingerprint density at radius 2 is 1.46 bits per heavy atom. The molecule has 0 aliphatic heterocycles. The second-order valence-corrected chi connectivity index (χ2v) is 17.4. The third-order valence-corrected chi connectivity index (χ3v) is 12.0. The van der Waals surface area contributed by atoms with E-state index in [1.165, 1.54) is 10.4 Å². The van der Waals surface area contributed by atoms with Crippen LogP contribution in [0.15, 0.2) is 78.9 Å². The van der Waals surface area contributed by atoms with Crippen molar-refractivity contribution < 1.29 is 14.0 Å². The van der Waals surface area contributed by atoms with Crippen LogP contribution in [0.2, 0.25) is 5.04 Å². The summed E-state index contributed by atoms with van der Waals surface area (Å²) in [4.78, 5) is 12.4. The molecule has 0 spiro atoms. The van der Waals surface area contributed by atoms with E-state index in [1.807, 2.05) is 20.8 Å². The van der Waals surface area contributed by atoms with Gasteiger partial charge in [-0.05, 0) is 77.3 Å². The summed E-state index contributed by atoms with van der Waals surface area (Å²) >= 11 is 2.35. The molecule has 3 aromatic rings. The number of rotatable bonds is 10. The van der Waals surface area contributed by atoms with Gasteiger partial charge in [0, 0.05) is 27.9 Å². The molecule has 0 radical (unpaired) electrons. The fourth-order valence-electron chi connectivity index (χ4n) is 4.84.